The molecule has 3 aromatic heterocycles. The Morgan fingerprint density at radius 2 is 1.80 bits per heavy atom. The molecule has 1 amide bonds. The summed E-state index contributed by atoms with van der Waals surface area (Å²) < 4.78 is 5.98. The summed E-state index contributed by atoms with van der Waals surface area (Å²) in [7, 11) is 0. The van der Waals surface area contributed by atoms with Crippen molar-refractivity contribution in [2.75, 3.05) is 5.32 Å². The molecule has 0 aliphatic heterocycles. The first kappa shape index (κ1) is 19.7. The molecule has 0 spiro atoms. The van der Waals surface area contributed by atoms with Gasteiger partial charge in [0.15, 0.2) is 5.13 Å². The Morgan fingerprint density at radius 3 is 2.47 bits per heavy atom. The number of nitrogens with zero attached hydrogens (tertiary/aromatic N) is 3. The number of carbonyl (C=O) groups is 1. The van der Waals surface area contributed by atoms with Crippen LogP contribution in [-0.4, -0.2) is 20.8 Å². The van der Waals surface area contributed by atoms with Crippen LogP contribution >= 0.6 is 22.7 Å². The second kappa shape index (κ2) is 8.39. The number of aromatic nitrogens is 2. The number of amides is 1. The maximum atomic E-state index is 12.5. The van der Waals surface area contributed by atoms with E-state index in [9.17, 15) is 14.9 Å². The van der Waals surface area contributed by atoms with Gasteiger partial charge in [-0.15, -0.1) is 0 Å². The number of hydrogen-bond acceptors (Lipinski definition) is 8. The molecular weight excluding hydrogens is 424 g/mol. The highest BCUT2D eigenvalue weighted by molar-refractivity contribution is 7.19. The summed E-state index contributed by atoms with van der Waals surface area (Å²) in [6.07, 6.45) is 3.24. The van der Waals surface area contributed by atoms with Crippen molar-refractivity contribution in [3.8, 4) is 22.1 Å². The van der Waals surface area contributed by atoms with Crippen LogP contribution < -0.4 is 10.1 Å². The van der Waals surface area contributed by atoms with E-state index < -0.39 is 10.8 Å². The molecule has 150 valence electrons. The van der Waals surface area contributed by atoms with Gasteiger partial charge in [-0.3, -0.25) is 25.2 Å². The number of nitro groups is 1. The van der Waals surface area contributed by atoms with E-state index in [4.69, 9.17) is 4.74 Å². The highest BCUT2D eigenvalue weighted by Gasteiger charge is 2.20. The minimum atomic E-state index is -0.527. The Labute approximate surface area is 179 Å². The predicted octanol–water partition coefficient (Wildman–Crippen LogP) is 5.53. The molecule has 0 saturated carbocycles. The van der Waals surface area contributed by atoms with Crippen molar-refractivity contribution in [1.29, 1.82) is 0 Å². The number of pyridine rings is 1. The van der Waals surface area contributed by atoms with E-state index in [0.717, 1.165) is 22.5 Å². The molecular formula is C20H14N4O4S2. The number of thiazole rings is 1. The van der Waals surface area contributed by atoms with Crippen LogP contribution in [0.3, 0.4) is 0 Å². The fraction of sp³-hybridized carbons (Fsp3) is 0.0500. The molecule has 1 aromatic carbocycles. The number of aryl methyl sites for hydroxylation is 1. The van der Waals surface area contributed by atoms with Gasteiger partial charge in [0.05, 0.1) is 9.80 Å². The first-order valence-corrected chi connectivity index (χ1v) is 10.3. The summed E-state index contributed by atoms with van der Waals surface area (Å²) in [5, 5.41) is 14.3. The molecule has 0 bridgehead atoms. The van der Waals surface area contributed by atoms with Crippen molar-refractivity contribution in [2.45, 2.75) is 6.92 Å². The average molecular weight is 438 g/mol. The number of anilines is 1. The normalized spacial score (nSPS) is 10.6. The Morgan fingerprint density at radius 1 is 1.07 bits per heavy atom. The summed E-state index contributed by atoms with van der Waals surface area (Å²) in [6, 6.07) is 14.0. The van der Waals surface area contributed by atoms with Crippen molar-refractivity contribution in [1.82, 2.24) is 9.97 Å². The second-order valence-electron chi connectivity index (χ2n) is 6.16. The molecule has 10 heteroatoms. The lowest BCUT2D eigenvalue weighted by Crippen LogP contribution is -2.09. The van der Waals surface area contributed by atoms with Crippen LogP contribution in [-0.2, 0) is 0 Å². The SMILES string of the molecule is Cc1ccc(-c2nc(NC(=O)c3ccc([N+](=O)[O-])s3)sc2Oc2ccncc2)cc1. The first-order chi connectivity index (χ1) is 14.5. The summed E-state index contributed by atoms with van der Waals surface area (Å²) >= 11 is 1.98. The molecule has 4 aromatic rings. The highest BCUT2D eigenvalue weighted by atomic mass is 32.1. The van der Waals surface area contributed by atoms with E-state index in [0.29, 0.717) is 21.6 Å². The lowest BCUT2D eigenvalue weighted by atomic mass is 10.1. The smallest absolute Gasteiger partial charge is 0.324 e. The van der Waals surface area contributed by atoms with Crippen LogP contribution in [0.25, 0.3) is 11.3 Å². The van der Waals surface area contributed by atoms with Crippen LogP contribution in [0.15, 0.2) is 60.9 Å². The van der Waals surface area contributed by atoms with Gasteiger partial charge < -0.3 is 4.74 Å². The van der Waals surface area contributed by atoms with Crippen LogP contribution in [0.2, 0.25) is 0 Å². The van der Waals surface area contributed by atoms with Gasteiger partial charge in [-0.05, 0) is 25.1 Å². The average Bonchev–Trinajstić information content (AvgIpc) is 3.37. The number of rotatable bonds is 6. The molecule has 0 aliphatic carbocycles. The van der Waals surface area contributed by atoms with Gasteiger partial charge in [0.1, 0.15) is 11.4 Å². The highest BCUT2D eigenvalue weighted by Crippen LogP contribution is 2.40. The van der Waals surface area contributed by atoms with E-state index in [1.165, 1.54) is 23.5 Å². The zero-order chi connectivity index (χ0) is 21.1. The second-order valence-corrected chi connectivity index (χ2v) is 8.18. The Kier molecular flexibility index (Phi) is 5.50. The number of nitrogens with one attached hydrogen (secondary N) is 1. The van der Waals surface area contributed by atoms with Gasteiger partial charge >= 0.3 is 5.00 Å². The summed E-state index contributed by atoms with van der Waals surface area (Å²) in [5.41, 5.74) is 2.54. The Bertz CT molecular complexity index is 1200. The van der Waals surface area contributed by atoms with Gasteiger partial charge in [0.25, 0.3) is 5.91 Å². The number of thiophene rings is 1. The van der Waals surface area contributed by atoms with Crippen LogP contribution in [0.5, 0.6) is 10.8 Å². The molecule has 8 nitrogen and oxygen atoms in total. The Hall–Kier alpha value is -3.63. The van der Waals surface area contributed by atoms with Gasteiger partial charge in [0.2, 0.25) is 5.06 Å². The number of hydrogen-bond donors (Lipinski definition) is 1. The third kappa shape index (κ3) is 4.34. The fourth-order valence-electron chi connectivity index (χ4n) is 2.54. The maximum absolute atomic E-state index is 12.5. The van der Waals surface area contributed by atoms with Crippen LogP contribution in [0, 0.1) is 17.0 Å². The molecule has 0 unspecified atom stereocenters. The van der Waals surface area contributed by atoms with Crippen molar-refractivity contribution in [2.24, 2.45) is 0 Å². The fourth-order valence-corrected chi connectivity index (χ4v) is 4.11. The molecule has 0 saturated heterocycles. The summed E-state index contributed by atoms with van der Waals surface area (Å²) in [6.45, 7) is 1.99. The third-order valence-corrected chi connectivity index (χ3v) is 5.88. The van der Waals surface area contributed by atoms with Gasteiger partial charge in [-0.2, -0.15) is 0 Å². The summed E-state index contributed by atoms with van der Waals surface area (Å²) in [5.74, 6) is 0.126. The van der Waals surface area contributed by atoms with Crippen LogP contribution in [0.1, 0.15) is 15.2 Å². The maximum Gasteiger partial charge on any atom is 0.324 e. The van der Waals surface area contributed by atoms with Gasteiger partial charge in [-0.25, -0.2) is 4.98 Å². The van der Waals surface area contributed by atoms with Crippen molar-refractivity contribution >= 4 is 38.7 Å². The van der Waals surface area contributed by atoms with Crippen molar-refractivity contribution < 1.29 is 14.5 Å². The third-order valence-electron chi connectivity index (χ3n) is 4.00. The lowest BCUT2D eigenvalue weighted by molar-refractivity contribution is -0.380. The predicted molar refractivity (Wildman–Crippen MR) is 116 cm³/mol. The standard InChI is InChI=1S/C20H14N4O4S2/c1-12-2-4-13(5-3-12)17-19(28-14-8-10-21-11-9-14)30-20(22-17)23-18(25)15-6-7-16(29-15)24(26)27/h2-11H,1H3,(H,22,23,25). The number of benzene rings is 1. The van der Waals surface area contributed by atoms with Gasteiger partial charge in [-0.1, -0.05) is 52.5 Å². The lowest BCUT2D eigenvalue weighted by Gasteiger charge is -2.05. The molecule has 0 radical (unpaired) electrons. The zero-order valence-electron chi connectivity index (χ0n) is 15.6. The van der Waals surface area contributed by atoms with E-state index in [1.807, 2.05) is 31.2 Å². The molecule has 0 fully saturated rings. The largest absolute Gasteiger partial charge is 0.444 e. The van der Waals surface area contributed by atoms with E-state index in [1.54, 1.807) is 24.5 Å². The molecule has 1 N–H and O–H groups in total. The van der Waals surface area contributed by atoms with Gasteiger partial charge in [0, 0.05) is 24.0 Å². The molecule has 0 atom stereocenters. The minimum Gasteiger partial charge on any atom is -0.444 e. The topological polar surface area (TPSA) is 107 Å². The monoisotopic (exact) mass is 438 g/mol. The Balaban J connectivity index is 1.64. The molecule has 0 aliphatic rings. The molecule has 30 heavy (non-hydrogen) atoms. The van der Waals surface area contributed by atoms with E-state index in [2.05, 4.69) is 15.3 Å². The zero-order valence-corrected chi connectivity index (χ0v) is 17.2. The number of ether oxygens (including phenoxy) is 1. The van der Waals surface area contributed by atoms with Crippen molar-refractivity contribution in [3.63, 3.8) is 0 Å². The quantitative estimate of drug-likeness (QED) is 0.313. The van der Waals surface area contributed by atoms with Crippen LogP contribution in [0.4, 0.5) is 10.1 Å². The first-order valence-electron chi connectivity index (χ1n) is 8.71. The van der Waals surface area contributed by atoms with E-state index >= 15 is 0 Å². The molecule has 4 rings (SSSR count). The summed E-state index contributed by atoms with van der Waals surface area (Å²) in [4.78, 5) is 31.6. The van der Waals surface area contributed by atoms with E-state index in [-0.39, 0.29) is 9.88 Å². The minimum absolute atomic E-state index is 0.0960. The van der Waals surface area contributed by atoms with Crippen molar-refractivity contribution in [3.05, 3.63) is 81.5 Å². The molecule has 3 heterocycles. The number of carbonyl (C=O) groups excluding carboxylic acids is 1.